The molecule has 1 saturated heterocycles. The minimum absolute atomic E-state index is 0.0768. The van der Waals surface area contributed by atoms with Gasteiger partial charge in [-0.2, -0.15) is 0 Å². The van der Waals surface area contributed by atoms with Crippen LogP contribution in [0.25, 0.3) is 0 Å². The van der Waals surface area contributed by atoms with Gasteiger partial charge in [-0.15, -0.1) is 0 Å². The summed E-state index contributed by atoms with van der Waals surface area (Å²) in [4.78, 5) is 13.9. The molecule has 1 fully saturated rings. The Morgan fingerprint density at radius 1 is 1.07 bits per heavy atom. The van der Waals surface area contributed by atoms with E-state index in [2.05, 4.69) is 29.6 Å². The Kier molecular flexibility index (Phi) is 7.25. The van der Waals surface area contributed by atoms with Crippen LogP contribution in [0.15, 0.2) is 60.7 Å². The van der Waals surface area contributed by atoms with Crippen LogP contribution < -0.4 is 5.32 Å². The van der Waals surface area contributed by atoms with Gasteiger partial charge in [-0.1, -0.05) is 60.7 Å². The first kappa shape index (κ1) is 19.4. The SMILES string of the molecule is CCOC(=O)N1CC[C@H](NCc2ccccc2)[C@H](OCc2ccccc2)C1. The van der Waals surface area contributed by atoms with E-state index >= 15 is 0 Å². The third-order valence-electron chi connectivity index (χ3n) is 4.80. The summed E-state index contributed by atoms with van der Waals surface area (Å²) < 4.78 is 11.4. The van der Waals surface area contributed by atoms with Gasteiger partial charge in [0.05, 0.1) is 25.9 Å². The number of nitrogens with one attached hydrogen (secondary N) is 1. The van der Waals surface area contributed by atoms with Crippen LogP contribution in [0, 0.1) is 0 Å². The monoisotopic (exact) mass is 368 g/mol. The van der Waals surface area contributed by atoms with Gasteiger partial charge in [0.2, 0.25) is 0 Å². The Hall–Kier alpha value is -2.37. The van der Waals surface area contributed by atoms with Gasteiger partial charge in [-0.25, -0.2) is 4.79 Å². The van der Waals surface area contributed by atoms with E-state index in [4.69, 9.17) is 9.47 Å². The van der Waals surface area contributed by atoms with E-state index in [9.17, 15) is 4.79 Å². The van der Waals surface area contributed by atoms with Crippen molar-refractivity contribution in [3.63, 3.8) is 0 Å². The summed E-state index contributed by atoms with van der Waals surface area (Å²) in [5, 5.41) is 3.61. The number of amides is 1. The molecule has 27 heavy (non-hydrogen) atoms. The van der Waals surface area contributed by atoms with Crippen LogP contribution in [0.4, 0.5) is 4.79 Å². The third kappa shape index (κ3) is 5.81. The highest BCUT2D eigenvalue weighted by molar-refractivity contribution is 5.67. The number of piperidine rings is 1. The number of likely N-dealkylation sites (tertiary alicyclic amines) is 1. The molecule has 0 aliphatic carbocycles. The van der Waals surface area contributed by atoms with Gasteiger partial charge in [0, 0.05) is 19.1 Å². The molecule has 1 heterocycles. The summed E-state index contributed by atoms with van der Waals surface area (Å²) >= 11 is 0. The Labute approximate surface area is 161 Å². The summed E-state index contributed by atoms with van der Waals surface area (Å²) in [5.41, 5.74) is 2.37. The molecule has 3 rings (SSSR count). The molecule has 5 heteroatoms. The second kappa shape index (κ2) is 10.1. The molecular formula is C22H28N2O3. The van der Waals surface area contributed by atoms with Crippen molar-refractivity contribution < 1.29 is 14.3 Å². The molecule has 0 saturated carbocycles. The lowest BCUT2D eigenvalue weighted by atomic mass is 10.0. The molecule has 0 unspecified atom stereocenters. The average molecular weight is 368 g/mol. The van der Waals surface area contributed by atoms with Crippen molar-refractivity contribution in [3.8, 4) is 0 Å². The first-order chi connectivity index (χ1) is 13.3. The molecule has 2 atom stereocenters. The fourth-order valence-electron chi connectivity index (χ4n) is 3.32. The van der Waals surface area contributed by atoms with Crippen molar-refractivity contribution in [3.05, 3.63) is 71.8 Å². The van der Waals surface area contributed by atoms with Gasteiger partial charge in [0.15, 0.2) is 0 Å². The molecule has 0 radical (unpaired) electrons. The number of benzene rings is 2. The Morgan fingerprint density at radius 2 is 1.74 bits per heavy atom. The van der Waals surface area contributed by atoms with Crippen LogP contribution in [0.5, 0.6) is 0 Å². The topological polar surface area (TPSA) is 50.8 Å². The molecular weight excluding hydrogens is 340 g/mol. The number of carbonyl (C=O) groups excluding carboxylic acids is 1. The maximum absolute atomic E-state index is 12.1. The average Bonchev–Trinajstić information content (AvgIpc) is 2.72. The van der Waals surface area contributed by atoms with E-state index < -0.39 is 0 Å². The molecule has 1 aliphatic heterocycles. The lowest BCUT2D eigenvalue weighted by molar-refractivity contribution is -0.0300. The molecule has 5 nitrogen and oxygen atoms in total. The van der Waals surface area contributed by atoms with Crippen molar-refractivity contribution >= 4 is 6.09 Å². The van der Waals surface area contributed by atoms with Gasteiger partial charge in [0.25, 0.3) is 0 Å². The summed E-state index contributed by atoms with van der Waals surface area (Å²) in [6.07, 6.45) is 0.505. The quantitative estimate of drug-likeness (QED) is 0.811. The third-order valence-corrected chi connectivity index (χ3v) is 4.80. The number of carbonyl (C=O) groups is 1. The van der Waals surface area contributed by atoms with Gasteiger partial charge in [-0.3, -0.25) is 0 Å². The van der Waals surface area contributed by atoms with Gasteiger partial charge >= 0.3 is 6.09 Å². The zero-order valence-electron chi connectivity index (χ0n) is 15.8. The molecule has 144 valence electrons. The maximum Gasteiger partial charge on any atom is 0.409 e. The standard InChI is InChI=1S/C22H28N2O3/c1-2-26-22(25)24-14-13-20(23-15-18-9-5-3-6-10-18)21(16-24)27-17-19-11-7-4-8-12-19/h3-12,20-21,23H,2,13-17H2,1H3/t20-,21+/m0/s1. The fraction of sp³-hybridized carbons (Fsp3) is 0.409. The van der Waals surface area contributed by atoms with E-state index in [1.54, 1.807) is 4.90 Å². The molecule has 0 bridgehead atoms. The van der Waals surface area contributed by atoms with Crippen LogP contribution in [0.3, 0.4) is 0 Å². The minimum Gasteiger partial charge on any atom is -0.450 e. The van der Waals surface area contributed by atoms with Crippen molar-refractivity contribution in [2.24, 2.45) is 0 Å². The van der Waals surface area contributed by atoms with E-state index in [1.165, 1.54) is 5.56 Å². The highest BCUT2D eigenvalue weighted by Gasteiger charge is 2.32. The number of nitrogens with zero attached hydrogens (tertiary/aromatic N) is 1. The summed E-state index contributed by atoms with van der Waals surface area (Å²) in [6, 6.07) is 20.7. The normalized spacial score (nSPS) is 19.7. The molecule has 1 N–H and O–H groups in total. The van der Waals surface area contributed by atoms with Crippen molar-refractivity contribution in [1.82, 2.24) is 10.2 Å². The highest BCUT2D eigenvalue weighted by atomic mass is 16.6. The maximum atomic E-state index is 12.1. The van der Waals surface area contributed by atoms with E-state index in [0.717, 1.165) is 18.5 Å². The van der Waals surface area contributed by atoms with Gasteiger partial charge in [0.1, 0.15) is 0 Å². The van der Waals surface area contributed by atoms with Crippen molar-refractivity contribution in [1.29, 1.82) is 0 Å². The van der Waals surface area contributed by atoms with Crippen LogP contribution >= 0.6 is 0 Å². The number of rotatable bonds is 7. The first-order valence-electron chi connectivity index (χ1n) is 9.61. The summed E-state index contributed by atoms with van der Waals surface area (Å²) in [5.74, 6) is 0. The number of hydrogen-bond donors (Lipinski definition) is 1. The molecule has 2 aromatic rings. The Bertz CT molecular complexity index is 693. The zero-order valence-corrected chi connectivity index (χ0v) is 15.8. The van der Waals surface area contributed by atoms with E-state index in [1.807, 2.05) is 43.3 Å². The van der Waals surface area contributed by atoms with Crippen LogP contribution in [0.1, 0.15) is 24.5 Å². The number of ether oxygens (including phenoxy) is 2. The smallest absolute Gasteiger partial charge is 0.409 e. The van der Waals surface area contributed by atoms with Gasteiger partial charge in [-0.05, 0) is 24.5 Å². The summed E-state index contributed by atoms with van der Waals surface area (Å²) in [7, 11) is 0. The first-order valence-corrected chi connectivity index (χ1v) is 9.61. The van der Waals surface area contributed by atoms with Crippen molar-refractivity contribution in [2.75, 3.05) is 19.7 Å². The summed E-state index contributed by atoms with van der Waals surface area (Å²) in [6.45, 7) is 4.76. The minimum atomic E-state index is -0.257. The lowest BCUT2D eigenvalue weighted by Crippen LogP contribution is -2.55. The molecule has 0 spiro atoms. The van der Waals surface area contributed by atoms with Crippen LogP contribution in [0.2, 0.25) is 0 Å². The molecule has 2 aromatic carbocycles. The molecule has 1 aliphatic rings. The van der Waals surface area contributed by atoms with Crippen LogP contribution in [-0.2, 0) is 22.6 Å². The fourth-order valence-corrected chi connectivity index (χ4v) is 3.32. The van der Waals surface area contributed by atoms with Crippen molar-refractivity contribution in [2.45, 2.75) is 38.6 Å². The second-order valence-corrected chi connectivity index (χ2v) is 6.74. The Morgan fingerprint density at radius 3 is 2.41 bits per heavy atom. The molecule has 1 amide bonds. The zero-order chi connectivity index (χ0) is 18.9. The Balaban J connectivity index is 1.61. The second-order valence-electron chi connectivity index (χ2n) is 6.74. The highest BCUT2D eigenvalue weighted by Crippen LogP contribution is 2.18. The predicted molar refractivity (Wildman–Crippen MR) is 105 cm³/mol. The predicted octanol–water partition coefficient (Wildman–Crippen LogP) is 3.59. The van der Waals surface area contributed by atoms with E-state index in [-0.39, 0.29) is 18.2 Å². The van der Waals surface area contributed by atoms with E-state index in [0.29, 0.717) is 26.3 Å². The number of hydrogen-bond acceptors (Lipinski definition) is 4. The lowest BCUT2D eigenvalue weighted by Gasteiger charge is -2.38. The molecule has 0 aromatic heterocycles. The van der Waals surface area contributed by atoms with Gasteiger partial charge < -0.3 is 19.7 Å². The van der Waals surface area contributed by atoms with Crippen LogP contribution in [-0.4, -0.2) is 42.8 Å². The largest absolute Gasteiger partial charge is 0.450 e.